The van der Waals surface area contributed by atoms with E-state index in [2.05, 4.69) is 5.32 Å². The Morgan fingerprint density at radius 1 is 1.12 bits per heavy atom. The van der Waals surface area contributed by atoms with E-state index in [1.165, 1.54) is 0 Å². The molecule has 1 atom stereocenters. The van der Waals surface area contributed by atoms with E-state index in [9.17, 15) is 14.8 Å². The molecule has 2 aromatic rings. The van der Waals surface area contributed by atoms with Crippen LogP contribution >= 0.6 is 0 Å². The van der Waals surface area contributed by atoms with Gasteiger partial charge in [-0.3, -0.25) is 5.32 Å². The lowest BCUT2D eigenvalue weighted by atomic mass is 9.79. The summed E-state index contributed by atoms with van der Waals surface area (Å²) in [4.78, 5) is 10.6. The van der Waals surface area contributed by atoms with Crippen molar-refractivity contribution >= 4 is 18.6 Å². The summed E-state index contributed by atoms with van der Waals surface area (Å²) in [5.41, 5.74) is 2.25. The van der Waals surface area contributed by atoms with Crippen LogP contribution in [0.5, 0.6) is 0 Å². The van der Waals surface area contributed by atoms with Crippen LogP contribution < -0.4 is 10.8 Å². The van der Waals surface area contributed by atoms with Crippen LogP contribution in [-0.4, -0.2) is 34.0 Å². The second kappa shape index (κ2) is 8.99. The quantitative estimate of drug-likeness (QED) is 0.401. The highest BCUT2D eigenvalue weighted by Crippen LogP contribution is 2.24. The average Bonchev–Trinajstić information content (AvgIpc) is 3.16. The molecule has 0 bridgehead atoms. The molecule has 26 heavy (non-hydrogen) atoms. The van der Waals surface area contributed by atoms with Gasteiger partial charge in [-0.1, -0.05) is 54.6 Å². The van der Waals surface area contributed by atoms with Crippen molar-refractivity contribution in [2.75, 3.05) is 0 Å². The fourth-order valence-corrected chi connectivity index (χ4v) is 3.32. The lowest BCUT2D eigenvalue weighted by Crippen LogP contribution is -2.33. The molecule has 2 aromatic carbocycles. The first-order valence-electron chi connectivity index (χ1n) is 9.09. The van der Waals surface area contributed by atoms with E-state index in [1.54, 1.807) is 18.2 Å². The summed E-state index contributed by atoms with van der Waals surface area (Å²) >= 11 is 0. The normalized spacial score (nSPS) is 15.6. The molecule has 1 aliphatic rings. The summed E-state index contributed by atoms with van der Waals surface area (Å²) in [5.74, 6) is -0.0125. The molecule has 1 saturated carbocycles. The van der Waals surface area contributed by atoms with Gasteiger partial charge in [0.1, 0.15) is 0 Å². The molecule has 3 rings (SSSR count). The van der Waals surface area contributed by atoms with Crippen LogP contribution in [0.4, 0.5) is 0 Å². The zero-order chi connectivity index (χ0) is 18.4. The van der Waals surface area contributed by atoms with Crippen LogP contribution in [0.25, 0.3) is 0 Å². The molecular formula is C20H25BNO4+. The van der Waals surface area contributed by atoms with E-state index in [-0.39, 0.29) is 12.1 Å². The van der Waals surface area contributed by atoms with Gasteiger partial charge < -0.3 is 19.6 Å². The Bertz CT molecular complexity index is 717. The van der Waals surface area contributed by atoms with E-state index in [4.69, 9.17) is 4.74 Å². The maximum atomic E-state index is 10.6. The van der Waals surface area contributed by atoms with Gasteiger partial charge in [0.2, 0.25) is 0 Å². The van der Waals surface area contributed by atoms with E-state index in [0.29, 0.717) is 12.0 Å². The Morgan fingerprint density at radius 2 is 1.85 bits per heavy atom. The first kappa shape index (κ1) is 18.6. The van der Waals surface area contributed by atoms with Crippen molar-refractivity contribution in [3.63, 3.8) is 0 Å². The maximum Gasteiger partial charge on any atom is 0.505 e. The second-order valence-electron chi connectivity index (χ2n) is 6.71. The molecule has 0 saturated heterocycles. The molecule has 136 valence electrons. The van der Waals surface area contributed by atoms with Gasteiger partial charge in [0, 0.05) is 19.4 Å². The van der Waals surface area contributed by atoms with Crippen molar-refractivity contribution in [3.05, 3.63) is 65.7 Å². The molecule has 0 amide bonds. The Hall–Kier alpha value is -2.15. The maximum absolute atomic E-state index is 10.6. The van der Waals surface area contributed by atoms with Crippen molar-refractivity contribution in [1.82, 2.24) is 5.32 Å². The number of hydrogen-bond donors (Lipinski definition) is 3. The Morgan fingerprint density at radius 3 is 2.54 bits per heavy atom. The van der Waals surface area contributed by atoms with Gasteiger partial charge in [-0.15, -0.1) is 0 Å². The minimum atomic E-state index is -1.49. The van der Waals surface area contributed by atoms with Crippen LogP contribution in [0.15, 0.2) is 54.6 Å². The summed E-state index contributed by atoms with van der Waals surface area (Å²) in [6.07, 6.45) is 4.30. The van der Waals surface area contributed by atoms with Gasteiger partial charge in [-0.05, 0) is 29.4 Å². The predicted molar refractivity (Wildman–Crippen MR) is 103 cm³/mol. The number of benzene rings is 2. The molecule has 5 nitrogen and oxygen atoms in total. The topological polar surface area (TPSA) is 83.1 Å². The number of carbonyl (C=O) groups excluding carboxylic acids is 1. The van der Waals surface area contributed by atoms with Gasteiger partial charge in [-0.25, -0.2) is 0 Å². The monoisotopic (exact) mass is 354 g/mol. The molecule has 1 aliphatic carbocycles. The summed E-state index contributed by atoms with van der Waals surface area (Å²) in [7, 11) is -1.49. The first-order valence-corrected chi connectivity index (χ1v) is 9.09. The number of nitrogens with one attached hydrogen (secondary N) is 1. The summed E-state index contributed by atoms with van der Waals surface area (Å²) in [6, 6.07) is 16.3. The molecule has 0 radical (unpaired) electrons. The molecule has 4 N–H and O–H groups in total. The predicted octanol–water partition coefficient (Wildman–Crippen LogP) is 1.66. The number of esters is 1. The molecule has 0 unspecified atom stereocenters. The van der Waals surface area contributed by atoms with Crippen LogP contribution in [0.2, 0.25) is 0 Å². The average molecular weight is 354 g/mol. The third-order valence-corrected chi connectivity index (χ3v) is 4.73. The van der Waals surface area contributed by atoms with E-state index in [0.717, 1.165) is 36.8 Å². The van der Waals surface area contributed by atoms with Crippen molar-refractivity contribution in [2.45, 2.75) is 44.4 Å². The number of ether oxygens (including phenoxy) is 1. The molecular weight excluding hydrogens is 329 g/mol. The summed E-state index contributed by atoms with van der Waals surface area (Å²) in [5, 5.41) is 22.0. The van der Waals surface area contributed by atoms with Crippen LogP contribution in [-0.2, 0) is 11.3 Å². The van der Waals surface area contributed by atoms with Crippen molar-refractivity contribution in [2.24, 2.45) is 0 Å². The van der Waals surface area contributed by atoms with Crippen LogP contribution in [0.3, 0.4) is 0 Å². The third-order valence-electron chi connectivity index (χ3n) is 4.73. The van der Waals surface area contributed by atoms with Crippen molar-refractivity contribution < 1.29 is 19.6 Å². The second-order valence-corrected chi connectivity index (χ2v) is 6.71. The lowest BCUT2D eigenvalue weighted by Gasteiger charge is -2.15. The van der Waals surface area contributed by atoms with E-state index >= 15 is 0 Å². The highest BCUT2D eigenvalue weighted by Gasteiger charge is 2.33. The molecule has 0 aliphatic heterocycles. The first-order chi connectivity index (χ1) is 12.6. The smallest absolute Gasteiger partial charge is 0.423 e. The molecule has 0 aromatic heterocycles. The molecule has 0 heterocycles. The Kier molecular flexibility index (Phi) is 6.44. The Labute approximate surface area is 154 Å². The highest BCUT2D eigenvalue weighted by molar-refractivity contribution is 6.58. The van der Waals surface area contributed by atoms with E-state index < -0.39 is 13.2 Å². The SMILES string of the molecule is OB(O)c1cccc(CN[C@H](C(=[OH+])OC2CCCC2)c2ccccc2)c1. The minimum absolute atomic E-state index is 0.0125. The van der Waals surface area contributed by atoms with Gasteiger partial charge in [0.15, 0.2) is 12.1 Å². The van der Waals surface area contributed by atoms with Crippen LogP contribution in [0, 0.1) is 0 Å². The fraction of sp³-hybridized carbons (Fsp3) is 0.350. The summed E-state index contributed by atoms with van der Waals surface area (Å²) in [6.45, 7) is 0.457. The largest absolute Gasteiger partial charge is 0.505 e. The van der Waals surface area contributed by atoms with Gasteiger partial charge >= 0.3 is 13.1 Å². The van der Waals surface area contributed by atoms with Gasteiger partial charge in [-0.2, -0.15) is 0 Å². The van der Waals surface area contributed by atoms with Gasteiger partial charge in [0.25, 0.3) is 0 Å². The Balaban J connectivity index is 1.71. The number of hydrogen-bond acceptors (Lipinski definition) is 4. The third kappa shape index (κ3) is 4.94. The fourth-order valence-electron chi connectivity index (χ4n) is 3.32. The van der Waals surface area contributed by atoms with Crippen molar-refractivity contribution in [1.29, 1.82) is 0 Å². The standard InChI is InChI=1S/C20H24BNO4/c23-20(26-18-11-4-5-12-18)19(16-8-2-1-3-9-16)22-14-15-7-6-10-17(13-15)21(24)25/h1-3,6-10,13,18-19,22,24-25H,4-5,11-12,14H2/p+1/t19-/m0/s1. The molecule has 6 heteroatoms. The van der Waals surface area contributed by atoms with Crippen LogP contribution in [0.1, 0.15) is 42.9 Å². The zero-order valence-electron chi connectivity index (χ0n) is 14.7. The number of rotatable bonds is 7. The van der Waals surface area contributed by atoms with Crippen molar-refractivity contribution in [3.8, 4) is 0 Å². The van der Waals surface area contributed by atoms with E-state index in [1.807, 2.05) is 36.4 Å². The summed E-state index contributed by atoms with van der Waals surface area (Å²) < 4.78 is 5.81. The highest BCUT2D eigenvalue weighted by atomic mass is 16.5. The molecule has 0 spiro atoms. The molecule has 1 fully saturated rings. The zero-order valence-corrected chi connectivity index (χ0v) is 14.7. The lowest BCUT2D eigenvalue weighted by molar-refractivity contribution is 0.162. The minimum Gasteiger partial charge on any atom is -0.423 e. The van der Waals surface area contributed by atoms with Gasteiger partial charge in [0.05, 0.1) is 0 Å².